The van der Waals surface area contributed by atoms with Gasteiger partial charge in [-0.1, -0.05) is 64.7 Å². The third-order valence-electron chi connectivity index (χ3n) is 5.91. The molecule has 200 valence electrons. The van der Waals surface area contributed by atoms with E-state index in [-0.39, 0.29) is 21.2 Å². The van der Waals surface area contributed by atoms with Crippen molar-refractivity contribution >= 4 is 46.3 Å². The van der Waals surface area contributed by atoms with Crippen LogP contribution in [-0.2, 0) is 15.4 Å². The van der Waals surface area contributed by atoms with Crippen LogP contribution >= 0.6 is 30.3 Å². The van der Waals surface area contributed by atoms with Gasteiger partial charge in [0.05, 0.1) is 15.9 Å². The monoisotopic (exact) mass is 580 g/mol. The van der Waals surface area contributed by atoms with Crippen LogP contribution in [0.3, 0.4) is 0 Å². The Kier molecular flexibility index (Phi) is 7.50. The van der Waals surface area contributed by atoms with Gasteiger partial charge in [-0.05, 0) is 35.1 Å². The fourth-order valence-electron chi connectivity index (χ4n) is 4.03. The van der Waals surface area contributed by atoms with Crippen molar-refractivity contribution in [3.8, 4) is 11.5 Å². The van der Waals surface area contributed by atoms with Crippen LogP contribution in [0, 0.1) is 29.1 Å². The van der Waals surface area contributed by atoms with Crippen molar-refractivity contribution in [3.05, 3.63) is 74.5 Å². The number of aromatic hydroxyl groups is 2. The number of phenolic OH excluding ortho intramolecular Hbond substituents is 2. The molecule has 0 spiro atoms. The summed E-state index contributed by atoms with van der Waals surface area (Å²) in [5.41, 5.74) is -1.57. The summed E-state index contributed by atoms with van der Waals surface area (Å²) in [5, 5.41) is 19.0. The molecule has 3 nitrogen and oxygen atoms in total. The molecule has 0 aliphatic heterocycles. The molecule has 0 aliphatic rings. The lowest BCUT2D eigenvalue weighted by Gasteiger charge is -2.29. The number of phenols is 2. The van der Waals surface area contributed by atoms with Gasteiger partial charge in [0, 0.05) is 21.2 Å². The van der Waals surface area contributed by atoms with Crippen LogP contribution in [0.5, 0.6) is 11.5 Å². The van der Waals surface area contributed by atoms with Crippen molar-refractivity contribution in [2.45, 2.75) is 52.4 Å². The third kappa shape index (κ3) is 4.84. The van der Waals surface area contributed by atoms with E-state index in [4.69, 9.17) is 23.2 Å². The molecule has 2 N–H and O–H groups in total. The molecule has 3 aromatic rings. The lowest BCUT2D eigenvalue weighted by atomic mass is 9.86. The molecule has 11 heteroatoms. The van der Waals surface area contributed by atoms with Crippen LogP contribution in [0.2, 0.25) is 10.0 Å². The minimum Gasteiger partial charge on any atom is -0.507 e. The molecule has 0 radical (unpaired) electrons. The van der Waals surface area contributed by atoms with Crippen LogP contribution in [0.25, 0.3) is 0 Å². The Morgan fingerprint density at radius 2 is 0.919 bits per heavy atom. The van der Waals surface area contributed by atoms with Gasteiger partial charge in [-0.25, -0.2) is 22.0 Å². The highest BCUT2D eigenvalue weighted by Crippen LogP contribution is 2.53. The maximum absolute atomic E-state index is 15.3. The number of rotatable bonds is 3. The Labute approximate surface area is 221 Å². The topological polar surface area (TPSA) is 57.5 Å². The van der Waals surface area contributed by atoms with Gasteiger partial charge in [0.15, 0.2) is 30.4 Å². The largest absolute Gasteiger partial charge is 0.507 e. The first-order chi connectivity index (χ1) is 16.7. The number of benzene rings is 3. The van der Waals surface area contributed by atoms with E-state index in [1.54, 1.807) is 41.5 Å². The first kappa shape index (κ1) is 29.3. The SMILES string of the molecule is CC(C)(C)c1cc(Cl)cc(P(=O)(c2cc(Cl)cc(C(C)(C)C)c2O)c2c(F)c(F)c(F)c(F)c2F)c1O. The molecule has 0 unspecified atom stereocenters. The molecule has 0 fully saturated rings. The number of hydrogen-bond donors (Lipinski definition) is 2. The normalized spacial score (nSPS) is 12.8. The van der Waals surface area contributed by atoms with E-state index in [0.717, 1.165) is 12.1 Å². The van der Waals surface area contributed by atoms with Crippen molar-refractivity contribution in [2.75, 3.05) is 0 Å². The first-order valence-corrected chi connectivity index (χ1v) is 13.4. The van der Waals surface area contributed by atoms with Crippen molar-refractivity contribution < 1.29 is 36.7 Å². The number of hydrogen-bond acceptors (Lipinski definition) is 3. The Hall–Kier alpha value is -2.28. The zero-order valence-corrected chi connectivity index (χ0v) is 23.1. The fraction of sp³-hybridized carbons (Fsp3) is 0.308. The minimum absolute atomic E-state index is 0.0802. The smallest absolute Gasteiger partial charge is 0.200 e. The summed E-state index contributed by atoms with van der Waals surface area (Å²) in [4.78, 5) is 0. The van der Waals surface area contributed by atoms with E-state index in [0.29, 0.717) is 0 Å². The van der Waals surface area contributed by atoms with Gasteiger partial charge in [0.2, 0.25) is 5.82 Å². The lowest BCUT2D eigenvalue weighted by Crippen LogP contribution is -2.33. The summed E-state index contributed by atoms with van der Waals surface area (Å²) in [6, 6.07) is 4.45. The highest BCUT2D eigenvalue weighted by molar-refractivity contribution is 7.85. The van der Waals surface area contributed by atoms with E-state index in [2.05, 4.69) is 0 Å². The van der Waals surface area contributed by atoms with Crippen molar-refractivity contribution in [3.63, 3.8) is 0 Å². The molecule has 0 heterocycles. The molecule has 37 heavy (non-hydrogen) atoms. The standard InChI is InChI=1S/C26H24Cl2F5O3P/c1-25(2,3)13-7-11(27)9-15(22(13)34)37(36,24-20(32)18(30)17(29)19(31)21(24)33)16-10-12(28)8-14(23(16)35)26(4,5)6/h7-10,34-35H,1-6H3. The van der Waals surface area contributed by atoms with Crippen molar-refractivity contribution in [1.29, 1.82) is 0 Å². The first-order valence-electron chi connectivity index (χ1n) is 10.9. The molecule has 0 saturated heterocycles. The average molecular weight is 581 g/mol. The average Bonchev–Trinajstić information content (AvgIpc) is 2.77. The maximum Gasteiger partial charge on any atom is 0.200 e. The van der Waals surface area contributed by atoms with Crippen LogP contribution < -0.4 is 15.9 Å². The minimum atomic E-state index is -5.31. The molecule has 0 saturated carbocycles. The molecule has 0 bridgehead atoms. The summed E-state index contributed by atoms with van der Waals surface area (Å²) in [7, 11) is -5.31. The molecule has 3 rings (SSSR count). The van der Waals surface area contributed by atoms with E-state index >= 15 is 13.3 Å². The van der Waals surface area contributed by atoms with Gasteiger partial charge in [-0.15, -0.1) is 0 Å². The molecular formula is C26H24Cl2F5O3P. The molecule has 3 aromatic carbocycles. The Balaban J connectivity index is 2.71. The van der Waals surface area contributed by atoms with Gasteiger partial charge >= 0.3 is 0 Å². The highest BCUT2D eigenvalue weighted by atomic mass is 35.5. The Bertz CT molecular complexity index is 1370. The van der Waals surface area contributed by atoms with E-state index < -0.39 is 74.5 Å². The van der Waals surface area contributed by atoms with Crippen molar-refractivity contribution in [2.24, 2.45) is 0 Å². The second kappa shape index (κ2) is 9.48. The Morgan fingerprint density at radius 3 is 1.22 bits per heavy atom. The predicted octanol–water partition coefficient (Wildman–Crippen LogP) is 7.33. The van der Waals surface area contributed by atoms with Gasteiger partial charge in [-0.3, -0.25) is 0 Å². The van der Waals surface area contributed by atoms with E-state index in [9.17, 15) is 23.4 Å². The summed E-state index contributed by atoms with van der Waals surface area (Å²) in [6.07, 6.45) is 0. The molecule has 0 atom stereocenters. The summed E-state index contributed by atoms with van der Waals surface area (Å²) < 4.78 is 88.3. The van der Waals surface area contributed by atoms with Crippen LogP contribution in [0.15, 0.2) is 24.3 Å². The maximum atomic E-state index is 15.3. The predicted molar refractivity (Wildman–Crippen MR) is 136 cm³/mol. The molecule has 0 aliphatic carbocycles. The zero-order chi connectivity index (χ0) is 28.4. The van der Waals surface area contributed by atoms with Crippen LogP contribution in [-0.4, -0.2) is 10.2 Å². The van der Waals surface area contributed by atoms with Gasteiger partial charge in [0.25, 0.3) is 0 Å². The second-order valence-corrected chi connectivity index (χ2v) is 14.2. The van der Waals surface area contributed by atoms with Crippen LogP contribution in [0.4, 0.5) is 22.0 Å². The van der Waals surface area contributed by atoms with Crippen LogP contribution in [0.1, 0.15) is 52.7 Å². The molecular weight excluding hydrogens is 557 g/mol. The van der Waals surface area contributed by atoms with Gasteiger partial charge in [0.1, 0.15) is 11.5 Å². The zero-order valence-electron chi connectivity index (χ0n) is 20.7. The Morgan fingerprint density at radius 1 is 0.622 bits per heavy atom. The van der Waals surface area contributed by atoms with E-state index in [1.807, 2.05) is 0 Å². The molecule has 0 amide bonds. The second-order valence-electron chi connectivity index (χ2n) is 10.7. The lowest BCUT2D eigenvalue weighted by molar-refractivity contribution is 0.383. The summed E-state index contributed by atoms with van der Waals surface area (Å²) in [5.74, 6) is -13.4. The molecule has 0 aromatic heterocycles. The fourth-order valence-corrected chi connectivity index (χ4v) is 7.59. The van der Waals surface area contributed by atoms with E-state index in [1.165, 1.54) is 12.1 Å². The van der Waals surface area contributed by atoms with Gasteiger partial charge < -0.3 is 14.8 Å². The highest BCUT2D eigenvalue weighted by Gasteiger charge is 2.45. The summed E-state index contributed by atoms with van der Waals surface area (Å²) >= 11 is 12.5. The summed E-state index contributed by atoms with van der Waals surface area (Å²) in [6.45, 7) is 9.92. The quantitative estimate of drug-likeness (QED) is 0.147. The number of halogens is 7. The van der Waals surface area contributed by atoms with Gasteiger partial charge in [-0.2, -0.15) is 0 Å². The third-order valence-corrected chi connectivity index (χ3v) is 9.40. The van der Waals surface area contributed by atoms with Crippen molar-refractivity contribution in [1.82, 2.24) is 0 Å².